The van der Waals surface area contributed by atoms with Crippen molar-refractivity contribution in [2.45, 2.75) is 0 Å². The predicted molar refractivity (Wildman–Crippen MR) is 333 cm³/mol. The lowest BCUT2D eigenvalue weighted by Crippen LogP contribution is -2.00. The second-order valence-corrected chi connectivity index (χ2v) is 21.9. The summed E-state index contributed by atoms with van der Waals surface area (Å²) in [7, 11) is 0. The van der Waals surface area contributed by atoms with E-state index in [1.807, 2.05) is 0 Å². The summed E-state index contributed by atoms with van der Waals surface area (Å²) < 4.78 is 30.4. The Labute approximate surface area is 453 Å². The number of hydrogen-bond donors (Lipinski definition) is 0. The van der Waals surface area contributed by atoms with E-state index in [0.717, 1.165) is 175 Å². The first-order valence-electron chi connectivity index (χ1n) is 27.5. The van der Waals surface area contributed by atoms with Gasteiger partial charge in [-0.3, -0.25) is 0 Å². The van der Waals surface area contributed by atoms with Crippen molar-refractivity contribution in [2.75, 3.05) is 0 Å². The van der Waals surface area contributed by atoms with Crippen LogP contribution in [-0.2, 0) is 0 Å². The highest BCUT2D eigenvalue weighted by Gasteiger charge is 2.34. The first kappa shape index (κ1) is 41.5. The van der Waals surface area contributed by atoms with Crippen LogP contribution in [0.5, 0.6) is 0 Å². The van der Waals surface area contributed by atoms with Gasteiger partial charge < -0.3 is 17.7 Å². The van der Waals surface area contributed by atoms with Gasteiger partial charge in [0.2, 0.25) is 0 Å². The highest BCUT2D eigenvalue weighted by molar-refractivity contribution is 6.40. The lowest BCUT2D eigenvalue weighted by atomic mass is 9.81. The molecule has 4 heterocycles. The van der Waals surface area contributed by atoms with Gasteiger partial charge in [0.05, 0.1) is 0 Å². The van der Waals surface area contributed by atoms with Crippen LogP contribution in [0.2, 0.25) is 0 Å². The third-order valence-electron chi connectivity index (χ3n) is 18.1. The van der Waals surface area contributed by atoms with Gasteiger partial charge in [-0.2, -0.15) is 0 Å². The zero-order valence-corrected chi connectivity index (χ0v) is 42.6. The molecule has 366 valence electrons. The van der Waals surface area contributed by atoms with Gasteiger partial charge in [-0.15, -0.1) is 0 Å². The van der Waals surface area contributed by atoms with Crippen molar-refractivity contribution in [1.29, 1.82) is 0 Å². The van der Waals surface area contributed by atoms with E-state index in [9.17, 15) is 0 Å². The average molecular weight is 1020 g/mol. The van der Waals surface area contributed by atoms with E-state index in [0.29, 0.717) is 0 Å². The fraction of sp³-hybridized carbons (Fsp3) is 0. The Morgan fingerprint density at radius 1 is 0.163 bits per heavy atom. The van der Waals surface area contributed by atoms with Crippen LogP contribution < -0.4 is 0 Å². The summed E-state index contributed by atoms with van der Waals surface area (Å²) >= 11 is 0. The van der Waals surface area contributed by atoms with Crippen molar-refractivity contribution in [3.8, 4) is 55.6 Å². The van der Waals surface area contributed by atoms with Crippen molar-refractivity contribution in [2.24, 2.45) is 0 Å². The standard InChI is InChI=1S/C76H38O4/c1-3-19-41-39(15-1)17-13-29-43(41)49-35-37-59-65-61(49)47-23-7-11-27-55(47)75-69(65)67-63-51(45-21-5-9-25-53(45)73(67)77-59)31-33-57(71(63)79-75)58-34-32-52-46-22-6-10-26-54(46)74-68-64(52)72(58)80-76-56-28-12-8-24-48(56)62-50(36-38-60(78-74)66(62)70(68)76)44-30-14-18-40-16-2-4-20-42(40)44/h1-38H. The zero-order valence-electron chi connectivity index (χ0n) is 42.6. The first-order chi connectivity index (χ1) is 39.7. The SMILES string of the molecule is c1ccc2c(-c3ccc4oc5c6c7c(oc8c-6c4c3c3ccccc83)c(-c3ccc4c6ccccc6c6oc8ccc(-c9cccc%10ccccc9%10)c9c%10ccccc%10c%10oc3c4c6-c%10c89)ccc7c3ccccc53)cccc2c1. The molecule has 0 bridgehead atoms. The highest BCUT2D eigenvalue weighted by Crippen LogP contribution is 2.59. The maximum atomic E-state index is 7.81. The monoisotopic (exact) mass is 1010 g/mol. The summed E-state index contributed by atoms with van der Waals surface area (Å²) in [6.07, 6.45) is 0. The Balaban J connectivity index is 0.965. The van der Waals surface area contributed by atoms with Gasteiger partial charge in [0.15, 0.2) is 0 Å². The second kappa shape index (κ2) is 14.7. The smallest absolute Gasteiger partial charge is 0.144 e. The maximum Gasteiger partial charge on any atom is 0.144 e. The van der Waals surface area contributed by atoms with E-state index in [1.54, 1.807) is 0 Å². The van der Waals surface area contributed by atoms with E-state index in [-0.39, 0.29) is 0 Å². The molecule has 0 spiro atoms. The number of fused-ring (bicyclic) bond motifs is 14. The van der Waals surface area contributed by atoms with Gasteiger partial charge in [-0.05, 0) is 113 Å². The number of rotatable bonds is 3. The molecule has 20 rings (SSSR count). The molecule has 16 aromatic carbocycles. The fourth-order valence-corrected chi connectivity index (χ4v) is 14.9. The Morgan fingerprint density at radius 3 is 0.912 bits per heavy atom. The minimum Gasteiger partial charge on any atom is -0.455 e. The largest absolute Gasteiger partial charge is 0.455 e. The molecule has 4 aliphatic rings. The van der Waals surface area contributed by atoms with Crippen LogP contribution in [0.15, 0.2) is 248 Å². The van der Waals surface area contributed by atoms with E-state index in [4.69, 9.17) is 17.7 Å². The molecule has 0 radical (unpaired) electrons. The molecule has 0 aromatic heterocycles. The van der Waals surface area contributed by atoms with Gasteiger partial charge in [-0.1, -0.05) is 194 Å². The summed E-state index contributed by atoms with van der Waals surface area (Å²) in [5, 5.41) is 22.2. The molecule has 4 heteroatoms. The van der Waals surface area contributed by atoms with Crippen LogP contribution in [0.25, 0.3) is 208 Å². The first-order valence-corrected chi connectivity index (χ1v) is 27.5. The maximum absolute atomic E-state index is 7.81. The Bertz CT molecular complexity index is 5650. The summed E-state index contributed by atoms with van der Waals surface area (Å²) in [6.45, 7) is 0. The van der Waals surface area contributed by atoms with E-state index < -0.39 is 0 Å². The van der Waals surface area contributed by atoms with E-state index in [2.05, 4.69) is 231 Å². The highest BCUT2D eigenvalue weighted by atomic mass is 16.3. The molecule has 0 amide bonds. The zero-order chi connectivity index (χ0) is 51.6. The van der Waals surface area contributed by atoms with Crippen molar-refractivity contribution in [3.05, 3.63) is 231 Å². The third kappa shape index (κ3) is 5.00. The minimum absolute atomic E-state index is 0.778. The average Bonchev–Trinajstić information content (AvgIpc) is 1.58. The second-order valence-electron chi connectivity index (χ2n) is 21.9. The third-order valence-corrected chi connectivity index (χ3v) is 18.1. The predicted octanol–water partition coefficient (Wildman–Crippen LogP) is 22.3. The van der Waals surface area contributed by atoms with Crippen LogP contribution in [0.3, 0.4) is 0 Å². The van der Waals surface area contributed by atoms with Crippen LogP contribution in [0.4, 0.5) is 0 Å². The van der Waals surface area contributed by atoms with Crippen molar-refractivity contribution in [3.63, 3.8) is 0 Å². The van der Waals surface area contributed by atoms with Gasteiger partial charge in [-0.25, -0.2) is 0 Å². The molecule has 0 atom stereocenters. The lowest BCUT2D eigenvalue weighted by molar-refractivity contribution is 0.649. The summed E-state index contributed by atoms with van der Waals surface area (Å²) in [4.78, 5) is 0. The fourth-order valence-electron chi connectivity index (χ4n) is 14.9. The Hall–Kier alpha value is -10.7. The number of benzene rings is 16. The molecule has 0 fully saturated rings. The van der Waals surface area contributed by atoms with Crippen molar-refractivity contribution < 1.29 is 17.7 Å². The molecule has 4 nitrogen and oxygen atoms in total. The molecule has 0 saturated carbocycles. The van der Waals surface area contributed by atoms with E-state index >= 15 is 0 Å². The summed E-state index contributed by atoms with van der Waals surface area (Å²) in [5.41, 5.74) is 17.3. The number of hydrogen-bond acceptors (Lipinski definition) is 4. The summed E-state index contributed by atoms with van der Waals surface area (Å²) in [6, 6.07) is 83.4. The molecule has 0 N–H and O–H groups in total. The van der Waals surface area contributed by atoms with Crippen LogP contribution in [0.1, 0.15) is 0 Å². The van der Waals surface area contributed by atoms with Gasteiger partial charge in [0.1, 0.15) is 44.7 Å². The molecule has 80 heavy (non-hydrogen) atoms. The van der Waals surface area contributed by atoms with Crippen molar-refractivity contribution in [1.82, 2.24) is 0 Å². The van der Waals surface area contributed by atoms with Gasteiger partial charge >= 0.3 is 0 Å². The van der Waals surface area contributed by atoms with Crippen LogP contribution in [-0.4, -0.2) is 0 Å². The normalized spacial score (nSPS) is 12.8. The molecule has 16 aromatic rings. The molecule has 4 aliphatic heterocycles. The minimum atomic E-state index is 0.778. The van der Waals surface area contributed by atoms with Gasteiger partial charge in [0, 0.05) is 87.2 Å². The Morgan fingerprint density at radius 2 is 0.475 bits per heavy atom. The topological polar surface area (TPSA) is 52.6 Å². The molecular weight excluding hydrogens is 977 g/mol. The quantitative estimate of drug-likeness (QED) is 0.131. The Kier molecular flexibility index (Phi) is 7.60. The van der Waals surface area contributed by atoms with Gasteiger partial charge in [0.25, 0.3) is 0 Å². The van der Waals surface area contributed by atoms with Crippen LogP contribution >= 0.6 is 0 Å². The summed E-state index contributed by atoms with van der Waals surface area (Å²) in [5.74, 6) is 0. The molecule has 0 aliphatic carbocycles. The van der Waals surface area contributed by atoms with Crippen molar-refractivity contribution >= 4 is 152 Å². The molecular formula is C76H38O4. The molecule has 0 saturated heterocycles. The van der Waals surface area contributed by atoms with Crippen LogP contribution in [0, 0.1) is 0 Å². The molecule has 0 unspecified atom stereocenters. The lowest BCUT2D eigenvalue weighted by Gasteiger charge is -2.26. The van der Waals surface area contributed by atoms with E-state index in [1.165, 1.54) is 32.7 Å².